The number of hydrogen-bond acceptors (Lipinski definition) is 4. The van der Waals surface area contributed by atoms with E-state index in [9.17, 15) is 13.5 Å². The molecule has 6 heteroatoms. The van der Waals surface area contributed by atoms with E-state index in [1.807, 2.05) is 0 Å². The largest absolute Gasteiger partial charge is 0.396 e. The van der Waals surface area contributed by atoms with Crippen LogP contribution in [0.1, 0.15) is 50.0 Å². The highest BCUT2D eigenvalue weighted by atomic mass is 32.2. The molecule has 1 fully saturated rings. The Morgan fingerprint density at radius 1 is 1.37 bits per heavy atom. The minimum atomic E-state index is -3.68. The van der Waals surface area contributed by atoms with Crippen molar-refractivity contribution in [2.45, 2.75) is 48.7 Å². The molecule has 0 saturated heterocycles. The van der Waals surface area contributed by atoms with Crippen molar-refractivity contribution >= 4 is 21.4 Å². The van der Waals surface area contributed by atoms with Crippen molar-refractivity contribution in [3.8, 4) is 0 Å². The Labute approximate surface area is 118 Å². The Morgan fingerprint density at radius 3 is 2.63 bits per heavy atom. The van der Waals surface area contributed by atoms with Gasteiger partial charge >= 0.3 is 0 Å². The van der Waals surface area contributed by atoms with Crippen LogP contribution in [-0.4, -0.2) is 20.1 Å². The lowest BCUT2D eigenvalue weighted by Gasteiger charge is -2.25. The Morgan fingerprint density at radius 2 is 2.05 bits per heavy atom. The molecule has 1 aromatic rings. The predicted molar refractivity (Wildman–Crippen MR) is 76.7 cm³/mol. The molecule has 4 nitrogen and oxygen atoms in total. The molecule has 19 heavy (non-hydrogen) atoms. The van der Waals surface area contributed by atoms with Crippen LogP contribution in [0.25, 0.3) is 0 Å². The lowest BCUT2D eigenvalue weighted by Crippen LogP contribution is -2.18. The van der Waals surface area contributed by atoms with Crippen LogP contribution in [0.5, 0.6) is 0 Å². The minimum Gasteiger partial charge on any atom is -0.396 e. The molecule has 1 aromatic heterocycles. The van der Waals surface area contributed by atoms with Gasteiger partial charge < -0.3 is 5.11 Å². The monoisotopic (exact) mass is 303 g/mol. The lowest BCUT2D eigenvalue weighted by atomic mass is 9.81. The number of primary sulfonamides is 1. The molecule has 1 aliphatic carbocycles. The van der Waals surface area contributed by atoms with Crippen molar-refractivity contribution in [1.82, 2.24) is 0 Å². The van der Waals surface area contributed by atoms with Crippen LogP contribution in [-0.2, 0) is 10.0 Å². The first-order valence-corrected chi connectivity index (χ1v) is 9.16. The summed E-state index contributed by atoms with van der Waals surface area (Å²) >= 11 is 1.14. The van der Waals surface area contributed by atoms with E-state index >= 15 is 0 Å². The summed E-state index contributed by atoms with van der Waals surface area (Å²) < 4.78 is 23.3. The Bertz CT molecular complexity index is 504. The van der Waals surface area contributed by atoms with E-state index in [4.69, 9.17) is 5.14 Å². The molecule has 0 radical (unpaired) electrons. The van der Waals surface area contributed by atoms with E-state index in [0.717, 1.165) is 17.8 Å². The third-order valence-corrected chi connectivity index (χ3v) is 6.38. The summed E-state index contributed by atoms with van der Waals surface area (Å²) in [4.78, 5) is 0. The molecular weight excluding hydrogens is 282 g/mol. The zero-order valence-corrected chi connectivity index (χ0v) is 12.5. The standard InChI is InChI=1S/C13H21NO3S2/c14-19(16,17)13-12(6-7-18-13)11(9-15)8-10-4-2-1-3-5-10/h6-7,10-11,15H,1-5,8-9H2,(H2,14,16,17)/t11-/m1/s1. The van der Waals surface area contributed by atoms with Crippen molar-refractivity contribution in [2.24, 2.45) is 11.1 Å². The summed E-state index contributed by atoms with van der Waals surface area (Å²) in [6, 6.07) is 1.79. The van der Waals surface area contributed by atoms with Crippen LogP contribution in [0.3, 0.4) is 0 Å². The summed E-state index contributed by atoms with van der Waals surface area (Å²) in [7, 11) is -3.68. The number of nitrogens with two attached hydrogens (primary N) is 1. The normalized spacial score (nSPS) is 19.5. The lowest BCUT2D eigenvalue weighted by molar-refractivity contribution is 0.225. The van der Waals surface area contributed by atoms with Gasteiger partial charge in [-0.05, 0) is 29.3 Å². The summed E-state index contributed by atoms with van der Waals surface area (Å²) in [5, 5.41) is 16.6. The number of thiophene rings is 1. The van der Waals surface area contributed by atoms with Gasteiger partial charge in [-0.3, -0.25) is 0 Å². The summed E-state index contributed by atoms with van der Waals surface area (Å²) in [6.07, 6.45) is 7.01. The van der Waals surface area contributed by atoms with E-state index in [0.29, 0.717) is 11.5 Å². The first-order valence-electron chi connectivity index (χ1n) is 6.73. The van der Waals surface area contributed by atoms with Gasteiger partial charge in [-0.1, -0.05) is 32.1 Å². The average Bonchev–Trinajstić information content (AvgIpc) is 2.86. The molecule has 0 aromatic carbocycles. The van der Waals surface area contributed by atoms with Gasteiger partial charge in [0.2, 0.25) is 10.0 Å². The maximum Gasteiger partial charge on any atom is 0.247 e. The second-order valence-electron chi connectivity index (χ2n) is 5.33. The average molecular weight is 303 g/mol. The number of sulfonamides is 1. The molecule has 0 bridgehead atoms. The smallest absolute Gasteiger partial charge is 0.247 e. The Balaban J connectivity index is 2.15. The van der Waals surface area contributed by atoms with Crippen molar-refractivity contribution < 1.29 is 13.5 Å². The number of aliphatic hydroxyl groups is 1. The van der Waals surface area contributed by atoms with Gasteiger partial charge in [-0.2, -0.15) is 0 Å². The molecule has 0 unspecified atom stereocenters. The van der Waals surface area contributed by atoms with E-state index in [2.05, 4.69) is 0 Å². The second-order valence-corrected chi connectivity index (χ2v) is 8.00. The van der Waals surface area contributed by atoms with Crippen molar-refractivity contribution in [3.05, 3.63) is 17.0 Å². The van der Waals surface area contributed by atoms with E-state index in [-0.39, 0.29) is 16.7 Å². The van der Waals surface area contributed by atoms with E-state index in [1.54, 1.807) is 11.4 Å². The van der Waals surface area contributed by atoms with Crippen LogP contribution in [0.4, 0.5) is 0 Å². The van der Waals surface area contributed by atoms with Crippen LogP contribution in [0, 0.1) is 5.92 Å². The summed E-state index contributed by atoms with van der Waals surface area (Å²) in [6.45, 7) is -0.0181. The number of rotatable bonds is 5. The Hall–Kier alpha value is -0.430. The molecule has 108 valence electrons. The molecule has 1 atom stereocenters. The zero-order valence-electron chi connectivity index (χ0n) is 10.9. The molecule has 3 N–H and O–H groups in total. The van der Waals surface area contributed by atoms with Crippen LogP contribution in [0.15, 0.2) is 15.7 Å². The first-order chi connectivity index (χ1) is 9.02. The summed E-state index contributed by atoms with van der Waals surface area (Å²) in [5.41, 5.74) is 0.695. The van der Waals surface area contributed by atoms with Crippen molar-refractivity contribution in [3.63, 3.8) is 0 Å². The molecule has 1 saturated carbocycles. The second kappa shape index (κ2) is 6.35. The van der Waals surface area contributed by atoms with E-state index < -0.39 is 10.0 Å². The number of aliphatic hydroxyl groups excluding tert-OH is 1. The maximum absolute atomic E-state index is 11.5. The zero-order chi connectivity index (χ0) is 13.9. The number of hydrogen-bond donors (Lipinski definition) is 2. The fourth-order valence-electron chi connectivity index (χ4n) is 2.96. The minimum absolute atomic E-state index is 0.0181. The fourth-order valence-corrected chi connectivity index (χ4v) is 4.94. The van der Waals surface area contributed by atoms with Crippen LogP contribution < -0.4 is 5.14 Å². The van der Waals surface area contributed by atoms with Gasteiger partial charge in [0, 0.05) is 5.92 Å². The van der Waals surface area contributed by atoms with Gasteiger partial charge in [0.1, 0.15) is 4.21 Å². The SMILES string of the molecule is NS(=O)(=O)c1sccc1[C@@H](CO)CC1CCCCC1. The molecule has 1 heterocycles. The quantitative estimate of drug-likeness (QED) is 0.876. The maximum atomic E-state index is 11.5. The van der Waals surface area contributed by atoms with Crippen LogP contribution >= 0.6 is 11.3 Å². The first kappa shape index (κ1) is 15.0. The topological polar surface area (TPSA) is 80.4 Å². The highest BCUT2D eigenvalue weighted by Crippen LogP contribution is 2.36. The van der Waals surface area contributed by atoms with Gasteiger partial charge in [0.25, 0.3) is 0 Å². The van der Waals surface area contributed by atoms with Crippen LogP contribution in [0.2, 0.25) is 0 Å². The molecule has 0 spiro atoms. The van der Waals surface area contributed by atoms with Crippen molar-refractivity contribution in [1.29, 1.82) is 0 Å². The van der Waals surface area contributed by atoms with E-state index in [1.165, 1.54) is 32.1 Å². The van der Waals surface area contributed by atoms with Gasteiger partial charge in [0.05, 0.1) is 6.61 Å². The van der Waals surface area contributed by atoms with Gasteiger partial charge in [-0.15, -0.1) is 11.3 Å². The van der Waals surface area contributed by atoms with Crippen molar-refractivity contribution in [2.75, 3.05) is 6.61 Å². The molecule has 0 aliphatic heterocycles. The van der Waals surface area contributed by atoms with Gasteiger partial charge in [0.15, 0.2) is 0 Å². The molecular formula is C13H21NO3S2. The Kier molecular flexibility index (Phi) is 5.00. The summed E-state index contributed by atoms with van der Waals surface area (Å²) in [5.74, 6) is 0.488. The highest BCUT2D eigenvalue weighted by molar-refractivity contribution is 7.91. The molecule has 1 aliphatic rings. The predicted octanol–water partition coefficient (Wildman–Crippen LogP) is 2.44. The fraction of sp³-hybridized carbons (Fsp3) is 0.692. The molecule has 0 amide bonds. The van der Waals surface area contributed by atoms with Gasteiger partial charge in [-0.25, -0.2) is 13.6 Å². The highest BCUT2D eigenvalue weighted by Gasteiger charge is 2.25. The third kappa shape index (κ3) is 3.78. The third-order valence-electron chi connectivity index (χ3n) is 3.92. The molecule has 2 rings (SSSR count).